The van der Waals surface area contributed by atoms with Gasteiger partial charge in [0.2, 0.25) is 0 Å². The maximum absolute atomic E-state index is 5.84. The molecule has 1 aliphatic rings. The first-order chi connectivity index (χ1) is 8.58. The number of hydrogen-bond donors (Lipinski definition) is 2. The summed E-state index contributed by atoms with van der Waals surface area (Å²) in [5.41, 5.74) is 5.65. The second-order valence-corrected chi connectivity index (χ2v) is 5.31. The van der Waals surface area contributed by atoms with Gasteiger partial charge in [0.05, 0.1) is 12.1 Å². The highest BCUT2D eigenvalue weighted by Crippen LogP contribution is 2.24. The van der Waals surface area contributed by atoms with E-state index in [-0.39, 0.29) is 29.6 Å². The molecule has 0 aromatic heterocycles. The zero-order valence-corrected chi connectivity index (χ0v) is 14.6. The average molecular weight is 385 g/mol. The van der Waals surface area contributed by atoms with Gasteiger partial charge in [-0.15, -0.1) is 24.0 Å². The third-order valence-corrected chi connectivity index (χ3v) is 3.40. The van der Waals surface area contributed by atoms with Crippen LogP contribution in [0.4, 0.5) is 0 Å². The van der Waals surface area contributed by atoms with Crippen LogP contribution in [-0.2, 0) is 9.47 Å². The molecule has 19 heavy (non-hydrogen) atoms. The standard InChI is InChI=1S/C13H27N3O2.HI/c1-11(2)4-7-15-12(14)16-10-13(17-3)5-8-18-9-6-13;/h11H,4-10H2,1-3H3,(H3,14,15,16);1H. The summed E-state index contributed by atoms with van der Waals surface area (Å²) in [6, 6.07) is 0. The third-order valence-electron chi connectivity index (χ3n) is 3.40. The van der Waals surface area contributed by atoms with Crippen molar-refractivity contribution in [3.05, 3.63) is 0 Å². The summed E-state index contributed by atoms with van der Waals surface area (Å²) in [5.74, 6) is 1.18. The van der Waals surface area contributed by atoms with Crippen LogP contribution in [0.3, 0.4) is 0 Å². The van der Waals surface area contributed by atoms with Crippen molar-refractivity contribution in [1.29, 1.82) is 0 Å². The predicted molar refractivity (Wildman–Crippen MR) is 89.2 cm³/mol. The Morgan fingerprint density at radius 2 is 2.05 bits per heavy atom. The number of hydrogen-bond acceptors (Lipinski definition) is 3. The van der Waals surface area contributed by atoms with Gasteiger partial charge in [0.25, 0.3) is 0 Å². The monoisotopic (exact) mass is 385 g/mol. The highest BCUT2D eigenvalue weighted by Gasteiger charge is 2.32. The topological polar surface area (TPSA) is 68.9 Å². The summed E-state index contributed by atoms with van der Waals surface area (Å²) >= 11 is 0. The van der Waals surface area contributed by atoms with Crippen molar-refractivity contribution in [1.82, 2.24) is 5.32 Å². The predicted octanol–water partition coefficient (Wildman–Crippen LogP) is 1.75. The second-order valence-electron chi connectivity index (χ2n) is 5.31. The van der Waals surface area contributed by atoms with Gasteiger partial charge >= 0.3 is 0 Å². The zero-order chi connectivity index (χ0) is 13.4. The first-order valence-corrected chi connectivity index (χ1v) is 6.75. The van der Waals surface area contributed by atoms with Gasteiger partial charge in [0.1, 0.15) is 0 Å². The maximum atomic E-state index is 5.84. The molecule has 0 saturated carbocycles. The van der Waals surface area contributed by atoms with Gasteiger partial charge in [-0.25, -0.2) is 0 Å². The first kappa shape index (κ1) is 18.9. The molecule has 5 nitrogen and oxygen atoms in total. The fourth-order valence-electron chi connectivity index (χ4n) is 1.94. The highest BCUT2D eigenvalue weighted by atomic mass is 127. The lowest BCUT2D eigenvalue weighted by Crippen LogP contribution is -2.42. The number of methoxy groups -OCH3 is 1. The molecule has 0 atom stereocenters. The minimum absolute atomic E-state index is 0. The van der Waals surface area contributed by atoms with Crippen LogP contribution in [0.25, 0.3) is 0 Å². The Hall–Kier alpha value is -0.0800. The molecule has 0 aromatic carbocycles. The second kappa shape index (κ2) is 9.77. The quantitative estimate of drug-likeness (QED) is 0.415. The van der Waals surface area contributed by atoms with Gasteiger partial charge in [-0.3, -0.25) is 4.99 Å². The van der Waals surface area contributed by atoms with Crippen molar-refractivity contribution < 1.29 is 9.47 Å². The number of halogens is 1. The molecule has 1 fully saturated rings. The van der Waals surface area contributed by atoms with E-state index in [4.69, 9.17) is 15.2 Å². The molecular weight excluding hydrogens is 357 g/mol. The van der Waals surface area contributed by atoms with Crippen LogP contribution in [0.5, 0.6) is 0 Å². The van der Waals surface area contributed by atoms with E-state index in [1.807, 2.05) is 0 Å². The van der Waals surface area contributed by atoms with Crippen molar-refractivity contribution in [2.45, 2.75) is 38.7 Å². The molecule has 1 aliphatic heterocycles. The van der Waals surface area contributed by atoms with E-state index in [9.17, 15) is 0 Å². The zero-order valence-electron chi connectivity index (χ0n) is 12.3. The number of aliphatic imine (C=N–C) groups is 1. The number of nitrogens with one attached hydrogen (secondary N) is 1. The molecule has 1 saturated heterocycles. The third kappa shape index (κ3) is 7.31. The summed E-state index contributed by atoms with van der Waals surface area (Å²) in [5, 5.41) is 3.14. The van der Waals surface area contributed by atoms with Crippen LogP contribution in [0.15, 0.2) is 4.99 Å². The molecular formula is C13H28IN3O2. The maximum Gasteiger partial charge on any atom is 0.188 e. The smallest absolute Gasteiger partial charge is 0.188 e. The molecule has 0 aromatic rings. The number of rotatable bonds is 6. The molecule has 114 valence electrons. The molecule has 0 aliphatic carbocycles. The van der Waals surface area contributed by atoms with Gasteiger partial charge in [0, 0.05) is 39.7 Å². The minimum atomic E-state index is -0.192. The van der Waals surface area contributed by atoms with Crippen LogP contribution in [0.2, 0.25) is 0 Å². The van der Waals surface area contributed by atoms with Gasteiger partial charge in [-0.1, -0.05) is 13.8 Å². The number of nitrogens with zero attached hydrogens (tertiary/aromatic N) is 1. The molecule has 0 radical (unpaired) electrons. The van der Waals surface area contributed by atoms with E-state index >= 15 is 0 Å². The molecule has 3 N–H and O–H groups in total. The number of ether oxygens (including phenoxy) is 2. The summed E-state index contributed by atoms with van der Waals surface area (Å²) in [7, 11) is 1.74. The Morgan fingerprint density at radius 3 is 2.58 bits per heavy atom. The van der Waals surface area contributed by atoms with Crippen molar-refractivity contribution in [3.63, 3.8) is 0 Å². The lowest BCUT2D eigenvalue weighted by atomic mass is 9.94. The molecule has 0 spiro atoms. The largest absolute Gasteiger partial charge is 0.381 e. The van der Waals surface area contributed by atoms with Crippen molar-refractivity contribution in [2.75, 3.05) is 33.4 Å². The molecule has 1 rings (SSSR count). The van der Waals surface area contributed by atoms with Crippen LogP contribution in [0, 0.1) is 5.92 Å². The SMILES string of the molecule is COC1(CN=C(N)NCCC(C)C)CCOCC1.I. The van der Waals surface area contributed by atoms with Crippen LogP contribution >= 0.6 is 24.0 Å². The summed E-state index contributed by atoms with van der Waals surface area (Å²) in [6.45, 7) is 7.34. The van der Waals surface area contributed by atoms with Crippen LogP contribution in [-0.4, -0.2) is 45.0 Å². The fourth-order valence-corrected chi connectivity index (χ4v) is 1.94. The van der Waals surface area contributed by atoms with Gasteiger partial charge in [-0.2, -0.15) is 0 Å². The number of nitrogens with two attached hydrogens (primary N) is 1. The molecule has 1 heterocycles. The number of guanidine groups is 1. The van der Waals surface area contributed by atoms with Crippen LogP contribution < -0.4 is 11.1 Å². The fraction of sp³-hybridized carbons (Fsp3) is 0.923. The average Bonchev–Trinajstić information content (AvgIpc) is 2.37. The minimum Gasteiger partial charge on any atom is -0.381 e. The Balaban J connectivity index is 0.00000324. The highest BCUT2D eigenvalue weighted by molar-refractivity contribution is 14.0. The Bertz CT molecular complexity index is 267. The Labute approximate surface area is 133 Å². The van der Waals surface area contributed by atoms with E-state index < -0.39 is 0 Å². The van der Waals surface area contributed by atoms with Crippen molar-refractivity contribution >= 4 is 29.9 Å². The van der Waals surface area contributed by atoms with E-state index in [0.29, 0.717) is 18.4 Å². The van der Waals surface area contributed by atoms with Gasteiger partial charge < -0.3 is 20.5 Å². The lowest BCUT2D eigenvalue weighted by molar-refractivity contribution is -0.0828. The normalized spacial score (nSPS) is 19.1. The molecule has 0 bridgehead atoms. The van der Waals surface area contributed by atoms with Gasteiger partial charge in [0.15, 0.2) is 5.96 Å². The van der Waals surface area contributed by atoms with E-state index in [0.717, 1.165) is 39.0 Å². The summed E-state index contributed by atoms with van der Waals surface area (Å²) < 4.78 is 11.0. The van der Waals surface area contributed by atoms with E-state index in [1.54, 1.807) is 7.11 Å². The summed E-state index contributed by atoms with van der Waals surface area (Å²) in [6.07, 6.45) is 2.86. The van der Waals surface area contributed by atoms with Crippen molar-refractivity contribution in [3.8, 4) is 0 Å². The summed E-state index contributed by atoms with van der Waals surface area (Å²) in [4.78, 5) is 4.39. The van der Waals surface area contributed by atoms with Crippen LogP contribution in [0.1, 0.15) is 33.1 Å². The molecule has 0 amide bonds. The van der Waals surface area contributed by atoms with E-state index in [2.05, 4.69) is 24.2 Å². The van der Waals surface area contributed by atoms with E-state index in [1.165, 1.54) is 0 Å². The first-order valence-electron chi connectivity index (χ1n) is 6.75. The van der Waals surface area contributed by atoms with Crippen molar-refractivity contribution in [2.24, 2.45) is 16.6 Å². The molecule has 0 unspecified atom stereocenters. The lowest BCUT2D eigenvalue weighted by Gasteiger charge is -2.34. The Kier molecular flexibility index (Phi) is 9.72. The van der Waals surface area contributed by atoms with Gasteiger partial charge in [-0.05, 0) is 12.3 Å². The Morgan fingerprint density at radius 1 is 1.42 bits per heavy atom. The molecule has 6 heteroatoms.